The van der Waals surface area contributed by atoms with Crippen molar-refractivity contribution in [2.45, 2.75) is 32.6 Å². The number of carbonyl (C=O) groups is 1. The van der Waals surface area contributed by atoms with Crippen LogP contribution in [0.4, 0.5) is 11.4 Å². The van der Waals surface area contributed by atoms with Gasteiger partial charge >= 0.3 is 5.97 Å². The van der Waals surface area contributed by atoms with E-state index in [2.05, 4.69) is 0 Å². The van der Waals surface area contributed by atoms with Crippen molar-refractivity contribution >= 4 is 27.4 Å². The molecule has 0 aliphatic carbocycles. The molecule has 0 saturated carbocycles. The van der Waals surface area contributed by atoms with Crippen molar-refractivity contribution in [1.82, 2.24) is 0 Å². The Labute approximate surface area is 163 Å². The van der Waals surface area contributed by atoms with Gasteiger partial charge in [0.1, 0.15) is 6.54 Å². The number of rotatable bonds is 7. The van der Waals surface area contributed by atoms with Gasteiger partial charge in [0.2, 0.25) is 0 Å². The SMILES string of the molecule is CCOC(=O)CN(c1cc(C)cc(C)c1)S(=O)(=O)c1ccc(C)c([N+](=O)[O-])c1. The fraction of sp³-hybridized carbons (Fsp3) is 0.316. The molecule has 0 N–H and O–H groups in total. The highest BCUT2D eigenvalue weighted by molar-refractivity contribution is 7.92. The first-order valence-electron chi connectivity index (χ1n) is 8.58. The predicted molar refractivity (Wildman–Crippen MR) is 105 cm³/mol. The van der Waals surface area contributed by atoms with Crippen LogP contribution in [0.15, 0.2) is 41.3 Å². The average Bonchev–Trinajstić information content (AvgIpc) is 2.58. The molecular weight excluding hydrogens is 384 g/mol. The Morgan fingerprint density at radius 1 is 1.11 bits per heavy atom. The van der Waals surface area contributed by atoms with Gasteiger partial charge in [-0.05, 0) is 57.0 Å². The molecule has 0 spiro atoms. The summed E-state index contributed by atoms with van der Waals surface area (Å²) < 4.78 is 32.4. The van der Waals surface area contributed by atoms with Gasteiger partial charge in [-0.25, -0.2) is 8.42 Å². The van der Waals surface area contributed by atoms with E-state index in [1.165, 1.54) is 19.1 Å². The summed E-state index contributed by atoms with van der Waals surface area (Å²) in [6.07, 6.45) is 0. The van der Waals surface area contributed by atoms with Crippen molar-refractivity contribution in [3.8, 4) is 0 Å². The number of ether oxygens (including phenoxy) is 1. The van der Waals surface area contributed by atoms with Crippen molar-refractivity contribution in [2.24, 2.45) is 0 Å². The second kappa shape index (κ2) is 8.39. The van der Waals surface area contributed by atoms with E-state index in [0.717, 1.165) is 21.5 Å². The molecule has 0 heterocycles. The van der Waals surface area contributed by atoms with Gasteiger partial charge in [0.25, 0.3) is 15.7 Å². The molecule has 0 aromatic heterocycles. The van der Waals surface area contributed by atoms with Crippen LogP contribution in [0.5, 0.6) is 0 Å². The fourth-order valence-corrected chi connectivity index (χ4v) is 4.22. The van der Waals surface area contributed by atoms with Crippen LogP contribution in [0, 0.1) is 30.9 Å². The number of benzene rings is 2. The maximum Gasteiger partial charge on any atom is 0.326 e. The van der Waals surface area contributed by atoms with Crippen molar-refractivity contribution < 1.29 is 22.9 Å². The Balaban J connectivity index is 2.62. The molecule has 0 aliphatic heterocycles. The molecule has 2 rings (SSSR count). The molecule has 2 aromatic carbocycles. The number of sulfonamides is 1. The molecule has 0 fully saturated rings. The Morgan fingerprint density at radius 2 is 1.71 bits per heavy atom. The third-order valence-electron chi connectivity index (χ3n) is 4.04. The molecule has 9 heteroatoms. The second-order valence-corrected chi connectivity index (χ2v) is 8.23. The smallest absolute Gasteiger partial charge is 0.326 e. The third-order valence-corrected chi connectivity index (χ3v) is 5.81. The highest BCUT2D eigenvalue weighted by Crippen LogP contribution is 2.29. The van der Waals surface area contributed by atoms with Crippen LogP contribution in [0.25, 0.3) is 0 Å². The Morgan fingerprint density at radius 3 is 2.25 bits per heavy atom. The number of hydrogen-bond acceptors (Lipinski definition) is 6. The summed E-state index contributed by atoms with van der Waals surface area (Å²) in [5.41, 5.74) is 1.95. The van der Waals surface area contributed by atoms with Crippen LogP contribution in [0.3, 0.4) is 0 Å². The van der Waals surface area contributed by atoms with Gasteiger partial charge < -0.3 is 4.74 Å². The van der Waals surface area contributed by atoms with Crippen molar-refractivity contribution in [3.63, 3.8) is 0 Å². The van der Waals surface area contributed by atoms with E-state index in [4.69, 9.17) is 4.74 Å². The third kappa shape index (κ3) is 4.66. The summed E-state index contributed by atoms with van der Waals surface area (Å²) in [4.78, 5) is 22.4. The minimum absolute atomic E-state index is 0.107. The number of esters is 1. The lowest BCUT2D eigenvalue weighted by atomic mass is 10.1. The molecule has 0 radical (unpaired) electrons. The summed E-state index contributed by atoms with van der Waals surface area (Å²) in [7, 11) is -4.25. The van der Waals surface area contributed by atoms with E-state index in [1.807, 2.05) is 19.9 Å². The molecular formula is C19H22N2O6S. The minimum Gasteiger partial charge on any atom is -0.465 e. The van der Waals surface area contributed by atoms with Crippen LogP contribution in [-0.2, 0) is 19.6 Å². The van der Waals surface area contributed by atoms with Crippen molar-refractivity contribution in [2.75, 3.05) is 17.5 Å². The summed E-state index contributed by atoms with van der Waals surface area (Å²) in [6.45, 7) is 6.33. The van der Waals surface area contributed by atoms with Crippen LogP contribution >= 0.6 is 0 Å². The molecule has 0 atom stereocenters. The number of anilines is 1. The van der Waals surface area contributed by atoms with Gasteiger partial charge in [0.15, 0.2) is 0 Å². The van der Waals surface area contributed by atoms with Crippen molar-refractivity contribution in [3.05, 3.63) is 63.2 Å². The van der Waals surface area contributed by atoms with E-state index in [1.54, 1.807) is 19.1 Å². The maximum atomic E-state index is 13.3. The highest BCUT2D eigenvalue weighted by atomic mass is 32.2. The van der Waals surface area contributed by atoms with Crippen LogP contribution in [0.1, 0.15) is 23.6 Å². The van der Waals surface area contributed by atoms with Gasteiger partial charge in [-0.1, -0.05) is 12.1 Å². The number of nitro groups is 1. The Hall–Kier alpha value is -2.94. The van der Waals surface area contributed by atoms with Gasteiger partial charge in [-0.2, -0.15) is 0 Å². The summed E-state index contributed by atoms with van der Waals surface area (Å²) in [5.74, 6) is -0.716. The van der Waals surface area contributed by atoms with Gasteiger partial charge in [-0.3, -0.25) is 19.2 Å². The molecule has 8 nitrogen and oxygen atoms in total. The quantitative estimate of drug-likeness (QED) is 0.397. The van der Waals surface area contributed by atoms with Gasteiger partial charge in [0, 0.05) is 11.6 Å². The number of aryl methyl sites for hydroxylation is 3. The second-order valence-electron chi connectivity index (χ2n) is 6.37. The topological polar surface area (TPSA) is 107 Å². The zero-order valence-corrected chi connectivity index (χ0v) is 16.9. The van der Waals surface area contributed by atoms with E-state index in [9.17, 15) is 23.3 Å². The first-order chi connectivity index (χ1) is 13.1. The van der Waals surface area contributed by atoms with E-state index in [0.29, 0.717) is 5.56 Å². The highest BCUT2D eigenvalue weighted by Gasteiger charge is 2.30. The van der Waals surface area contributed by atoms with Crippen LogP contribution in [-0.4, -0.2) is 32.5 Å². The average molecular weight is 406 g/mol. The maximum absolute atomic E-state index is 13.3. The van der Waals surface area contributed by atoms with E-state index >= 15 is 0 Å². The zero-order valence-electron chi connectivity index (χ0n) is 16.1. The fourth-order valence-electron chi connectivity index (χ4n) is 2.81. The summed E-state index contributed by atoms with van der Waals surface area (Å²) in [6, 6.07) is 8.80. The predicted octanol–water partition coefficient (Wildman–Crippen LogP) is 3.28. The molecule has 28 heavy (non-hydrogen) atoms. The number of hydrogen-bond donors (Lipinski definition) is 0. The molecule has 0 aliphatic rings. The number of nitro benzene ring substituents is 1. The lowest BCUT2D eigenvalue weighted by Gasteiger charge is -2.24. The molecule has 0 unspecified atom stereocenters. The summed E-state index contributed by atoms with van der Waals surface area (Å²) >= 11 is 0. The Kier molecular flexibility index (Phi) is 6.40. The van der Waals surface area contributed by atoms with Crippen LogP contribution < -0.4 is 4.31 Å². The lowest BCUT2D eigenvalue weighted by molar-refractivity contribution is -0.385. The minimum atomic E-state index is -4.25. The largest absolute Gasteiger partial charge is 0.465 e. The van der Waals surface area contributed by atoms with E-state index in [-0.39, 0.29) is 22.9 Å². The Bertz CT molecular complexity index is 997. The van der Waals surface area contributed by atoms with E-state index < -0.39 is 27.5 Å². The lowest BCUT2D eigenvalue weighted by Crippen LogP contribution is -2.36. The molecule has 0 saturated heterocycles. The van der Waals surface area contributed by atoms with Crippen LogP contribution in [0.2, 0.25) is 0 Å². The number of nitrogens with zero attached hydrogens (tertiary/aromatic N) is 2. The number of carbonyl (C=O) groups excluding carboxylic acids is 1. The standard InChI is InChI=1S/C19H22N2O6S/c1-5-27-19(22)12-20(16-9-13(2)8-14(3)10-16)28(25,26)17-7-6-15(4)18(11-17)21(23)24/h6-11H,5,12H2,1-4H3. The molecule has 0 bridgehead atoms. The monoisotopic (exact) mass is 406 g/mol. The molecule has 2 aromatic rings. The van der Waals surface area contributed by atoms with Crippen molar-refractivity contribution in [1.29, 1.82) is 0 Å². The first-order valence-corrected chi connectivity index (χ1v) is 10.0. The normalized spacial score (nSPS) is 11.1. The summed E-state index contributed by atoms with van der Waals surface area (Å²) in [5, 5.41) is 11.2. The zero-order chi connectivity index (χ0) is 21.1. The van der Waals surface area contributed by atoms with Gasteiger partial charge in [-0.15, -0.1) is 0 Å². The molecule has 150 valence electrons. The molecule has 0 amide bonds. The van der Waals surface area contributed by atoms with Gasteiger partial charge in [0.05, 0.1) is 22.1 Å². The first kappa shape index (κ1) is 21.4.